The standard InChI is InChI=1S/C15H28BrN3S/c1-6-17-13(10-20-9-11(3)4)8-14-15(16)12(5)18-19(14)7-2/h11,13,17H,6-10H2,1-5H3. The van der Waals surface area contributed by atoms with Gasteiger partial charge in [-0.2, -0.15) is 16.9 Å². The van der Waals surface area contributed by atoms with E-state index >= 15 is 0 Å². The molecule has 3 nitrogen and oxygen atoms in total. The van der Waals surface area contributed by atoms with E-state index in [-0.39, 0.29) is 0 Å². The van der Waals surface area contributed by atoms with Gasteiger partial charge in [0.1, 0.15) is 0 Å². The lowest BCUT2D eigenvalue weighted by Crippen LogP contribution is -2.34. The Hall–Kier alpha value is 0. The van der Waals surface area contributed by atoms with Crippen molar-refractivity contribution in [2.24, 2.45) is 5.92 Å². The number of hydrogen-bond acceptors (Lipinski definition) is 3. The van der Waals surface area contributed by atoms with Gasteiger partial charge in [-0.25, -0.2) is 0 Å². The molecule has 1 aromatic heterocycles. The Morgan fingerprint density at radius 2 is 2.00 bits per heavy atom. The summed E-state index contributed by atoms with van der Waals surface area (Å²) in [7, 11) is 0. The van der Waals surface area contributed by atoms with Crippen molar-refractivity contribution < 1.29 is 0 Å². The van der Waals surface area contributed by atoms with E-state index in [0.29, 0.717) is 6.04 Å². The van der Waals surface area contributed by atoms with Crippen LogP contribution in [-0.4, -0.2) is 33.9 Å². The lowest BCUT2D eigenvalue weighted by Gasteiger charge is -2.19. The van der Waals surface area contributed by atoms with Crippen LogP contribution < -0.4 is 5.32 Å². The zero-order chi connectivity index (χ0) is 15.1. The van der Waals surface area contributed by atoms with Gasteiger partial charge in [0.25, 0.3) is 0 Å². The molecule has 0 aliphatic carbocycles. The third kappa shape index (κ3) is 5.41. The number of hydrogen-bond donors (Lipinski definition) is 1. The molecule has 0 amide bonds. The Kier molecular flexibility index (Phi) is 8.22. The second-order valence-electron chi connectivity index (χ2n) is 5.55. The van der Waals surface area contributed by atoms with Crippen LogP contribution in [-0.2, 0) is 13.0 Å². The van der Waals surface area contributed by atoms with Gasteiger partial charge in [-0.15, -0.1) is 0 Å². The van der Waals surface area contributed by atoms with Crippen LogP contribution in [0, 0.1) is 12.8 Å². The molecule has 1 unspecified atom stereocenters. The van der Waals surface area contributed by atoms with Gasteiger partial charge in [0.05, 0.1) is 15.9 Å². The maximum Gasteiger partial charge on any atom is 0.0738 e. The largest absolute Gasteiger partial charge is 0.313 e. The molecule has 0 fully saturated rings. The number of thioether (sulfide) groups is 1. The predicted octanol–water partition coefficient (Wildman–Crippen LogP) is 3.88. The highest BCUT2D eigenvalue weighted by Gasteiger charge is 2.17. The summed E-state index contributed by atoms with van der Waals surface area (Å²) in [6.45, 7) is 12.9. The first kappa shape index (κ1) is 18.1. The van der Waals surface area contributed by atoms with E-state index in [1.807, 2.05) is 11.8 Å². The minimum absolute atomic E-state index is 0.515. The van der Waals surface area contributed by atoms with E-state index in [1.165, 1.54) is 15.9 Å². The van der Waals surface area contributed by atoms with Crippen LogP contribution in [0.2, 0.25) is 0 Å². The van der Waals surface area contributed by atoms with Crippen molar-refractivity contribution >= 4 is 27.7 Å². The summed E-state index contributed by atoms with van der Waals surface area (Å²) >= 11 is 5.74. The van der Waals surface area contributed by atoms with Crippen molar-refractivity contribution in [3.63, 3.8) is 0 Å². The summed E-state index contributed by atoms with van der Waals surface area (Å²) in [4.78, 5) is 0. The van der Waals surface area contributed by atoms with Gasteiger partial charge >= 0.3 is 0 Å². The van der Waals surface area contributed by atoms with E-state index in [4.69, 9.17) is 0 Å². The number of rotatable bonds is 9. The molecule has 1 heterocycles. The van der Waals surface area contributed by atoms with Crippen LogP contribution in [0.25, 0.3) is 0 Å². The number of nitrogens with one attached hydrogen (secondary N) is 1. The third-order valence-corrected chi connectivity index (χ3v) is 5.73. The highest BCUT2D eigenvalue weighted by molar-refractivity contribution is 9.10. The van der Waals surface area contributed by atoms with E-state index in [0.717, 1.165) is 36.9 Å². The summed E-state index contributed by atoms with van der Waals surface area (Å²) < 4.78 is 3.30. The fraction of sp³-hybridized carbons (Fsp3) is 0.800. The van der Waals surface area contributed by atoms with Crippen molar-refractivity contribution in [1.29, 1.82) is 0 Å². The topological polar surface area (TPSA) is 29.9 Å². The lowest BCUT2D eigenvalue weighted by atomic mass is 10.1. The van der Waals surface area contributed by atoms with Crippen molar-refractivity contribution in [3.05, 3.63) is 15.9 Å². The Bertz CT molecular complexity index is 404. The molecule has 0 saturated heterocycles. The van der Waals surface area contributed by atoms with E-state index < -0.39 is 0 Å². The predicted molar refractivity (Wildman–Crippen MR) is 93.7 cm³/mol. The Labute approximate surface area is 136 Å². The van der Waals surface area contributed by atoms with Gasteiger partial charge in [-0.3, -0.25) is 4.68 Å². The first-order valence-corrected chi connectivity index (χ1v) is 9.47. The van der Waals surface area contributed by atoms with Crippen LogP contribution in [0.1, 0.15) is 39.1 Å². The van der Waals surface area contributed by atoms with Gasteiger partial charge in [-0.05, 0) is 48.0 Å². The average Bonchev–Trinajstić information content (AvgIpc) is 2.66. The smallest absolute Gasteiger partial charge is 0.0738 e. The average molecular weight is 362 g/mol. The molecular weight excluding hydrogens is 334 g/mol. The number of aryl methyl sites for hydroxylation is 2. The monoisotopic (exact) mass is 361 g/mol. The van der Waals surface area contributed by atoms with E-state index in [9.17, 15) is 0 Å². The van der Waals surface area contributed by atoms with E-state index in [2.05, 4.69) is 65.6 Å². The summed E-state index contributed by atoms with van der Waals surface area (Å²) in [5, 5.41) is 8.20. The summed E-state index contributed by atoms with van der Waals surface area (Å²) in [5.74, 6) is 3.15. The number of halogens is 1. The summed E-state index contributed by atoms with van der Waals surface area (Å²) in [6.07, 6.45) is 1.04. The SMILES string of the molecule is CCNC(CSCC(C)C)Cc1c(Br)c(C)nn1CC. The minimum Gasteiger partial charge on any atom is -0.313 e. The van der Waals surface area contributed by atoms with E-state index in [1.54, 1.807) is 0 Å². The molecule has 1 rings (SSSR count). The van der Waals surface area contributed by atoms with Crippen molar-refractivity contribution in [2.75, 3.05) is 18.1 Å². The fourth-order valence-corrected chi connectivity index (χ4v) is 3.80. The molecule has 0 saturated carbocycles. The fourth-order valence-electron chi connectivity index (χ4n) is 2.22. The van der Waals surface area contributed by atoms with Gasteiger partial charge in [-0.1, -0.05) is 20.8 Å². The van der Waals surface area contributed by atoms with Gasteiger partial charge in [0.15, 0.2) is 0 Å². The molecule has 0 spiro atoms. The van der Waals surface area contributed by atoms with Crippen molar-refractivity contribution in [3.8, 4) is 0 Å². The molecule has 20 heavy (non-hydrogen) atoms. The van der Waals surface area contributed by atoms with Crippen LogP contribution in [0.15, 0.2) is 4.47 Å². The Morgan fingerprint density at radius 3 is 2.55 bits per heavy atom. The molecule has 0 aliphatic heterocycles. The normalized spacial score (nSPS) is 13.2. The van der Waals surface area contributed by atoms with Crippen LogP contribution in [0.5, 0.6) is 0 Å². The van der Waals surface area contributed by atoms with Crippen LogP contribution in [0.3, 0.4) is 0 Å². The molecule has 116 valence electrons. The van der Waals surface area contributed by atoms with Crippen molar-refractivity contribution in [1.82, 2.24) is 15.1 Å². The van der Waals surface area contributed by atoms with Gasteiger partial charge in [0, 0.05) is 24.8 Å². The molecule has 0 aliphatic rings. The van der Waals surface area contributed by atoms with Crippen LogP contribution >= 0.6 is 27.7 Å². The lowest BCUT2D eigenvalue weighted by molar-refractivity contribution is 0.532. The summed E-state index contributed by atoms with van der Waals surface area (Å²) in [5.41, 5.74) is 2.41. The second-order valence-corrected chi connectivity index (χ2v) is 7.42. The molecule has 1 aromatic rings. The highest BCUT2D eigenvalue weighted by Crippen LogP contribution is 2.23. The Morgan fingerprint density at radius 1 is 1.30 bits per heavy atom. The van der Waals surface area contributed by atoms with Gasteiger partial charge < -0.3 is 5.32 Å². The first-order chi connectivity index (χ1) is 9.49. The van der Waals surface area contributed by atoms with Crippen LogP contribution in [0.4, 0.5) is 0 Å². The molecule has 5 heteroatoms. The quantitative estimate of drug-likeness (QED) is 0.723. The first-order valence-electron chi connectivity index (χ1n) is 7.52. The summed E-state index contributed by atoms with van der Waals surface area (Å²) in [6, 6.07) is 0.515. The molecule has 1 atom stereocenters. The zero-order valence-corrected chi connectivity index (χ0v) is 15.8. The second kappa shape index (κ2) is 9.11. The highest BCUT2D eigenvalue weighted by atomic mass is 79.9. The molecular formula is C15H28BrN3S. The van der Waals surface area contributed by atoms with Gasteiger partial charge in [0.2, 0.25) is 0 Å². The zero-order valence-electron chi connectivity index (χ0n) is 13.4. The molecule has 0 bridgehead atoms. The molecule has 1 N–H and O–H groups in total. The number of likely N-dealkylation sites (N-methyl/N-ethyl adjacent to an activating group) is 1. The third-order valence-electron chi connectivity index (χ3n) is 3.16. The minimum atomic E-state index is 0.515. The molecule has 0 radical (unpaired) electrons. The number of nitrogens with zero attached hydrogens (tertiary/aromatic N) is 2. The molecule has 0 aromatic carbocycles. The van der Waals surface area contributed by atoms with Crippen molar-refractivity contribution in [2.45, 2.75) is 53.6 Å². The maximum absolute atomic E-state index is 4.59. The Balaban J connectivity index is 2.69. The maximum atomic E-state index is 4.59. The number of aromatic nitrogens is 2.